The van der Waals surface area contributed by atoms with E-state index in [9.17, 15) is 0 Å². The highest BCUT2D eigenvalue weighted by Gasteiger charge is 2.07. The number of allylic oxidation sites excluding steroid dienone is 4. The predicted molar refractivity (Wildman–Crippen MR) is 47.0 cm³/mol. The van der Waals surface area contributed by atoms with Crippen molar-refractivity contribution in [3.8, 4) is 0 Å². The van der Waals surface area contributed by atoms with Crippen molar-refractivity contribution in [2.24, 2.45) is 4.40 Å². The van der Waals surface area contributed by atoms with E-state index >= 15 is 0 Å². The Morgan fingerprint density at radius 1 is 1.60 bits per heavy atom. The van der Waals surface area contributed by atoms with Crippen LogP contribution < -0.4 is 0 Å². The van der Waals surface area contributed by atoms with E-state index in [0.717, 1.165) is 5.57 Å². The lowest BCUT2D eigenvalue weighted by molar-refractivity contribution is 1.50. The van der Waals surface area contributed by atoms with Crippen molar-refractivity contribution in [2.45, 2.75) is 6.92 Å². The van der Waals surface area contributed by atoms with Crippen LogP contribution in [0.4, 0.5) is 0 Å². The fraction of sp³-hybridized carbons (Fsp3) is 0.143. The summed E-state index contributed by atoms with van der Waals surface area (Å²) in [6.07, 6.45) is 5.44. The van der Waals surface area contributed by atoms with Crippen LogP contribution in [0.3, 0.4) is 0 Å². The van der Waals surface area contributed by atoms with Crippen LogP contribution in [0.25, 0.3) is 0 Å². The Kier molecular flexibility index (Phi) is 2.06. The number of thiol groups is 1. The van der Waals surface area contributed by atoms with Crippen molar-refractivity contribution < 1.29 is 0 Å². The van der Waals surface area contributed by atoms with Crippen molar-refractivity contribution in [1.29, 1.82) is 5.41 Å². The molecule has 0 bridgehead atoms. The third kappa shape index (κ3) is 1.19. The molecule has 0 aromatic rings. The largest absolute Gasteiger partial charge is 0.299 e. The molecule has 1 aliphatic carbocycles. The van der Waals surface area contributed by atoms with E-state index in [1.807, 2.05) is 19.1 Å². The Morgan fingerprint density at radius 2 is 2.30 bits per heavy atom. The van der Waals surface area contributed by atoms with Crippen LogP contribution >= 0.6 is 12.8 Å². The Labute approximate surface area is 65.4 Å². The van der Waals surface area contributed by atoms with Crippen molar-refractivity contribution >= 4 is 24.2 Å². The van der Waals surface area contributed by atoms with Crippen LogP contribution in [0, 0.1) is 5.41 Å². The van der Waals surface area contributed by atoms with Gasteiger partial charge >= 0.3 is 0 Å². The van der Waals surface area contributed by atoms with Crippen LogP contribution in [0.5, 0.6) is 0 Å². The summed E-state index contributed by atoms with van der Waals surface area (Å²) in [6, 6.07) is 0. The Balaban J connectivity index is 3.04. The molecular formula is C7H8N2S. The van der Waals surface area contributed by atoms with Gasteiger partial charge in [0.05, 0.1) is 11.4 Å². The lowest BCUT2D eigenvalue weighted by Crippen LogP contribution is -2.13. The molecule has 0 fully saturated rings. The molecule has 52 valence electrons. The third-order valence-corrected chi connectivity index (χ3v) is 1.54. The minimum atomic E-state index is 0.426. The molecule has 0 aliphatic heterocycles. The molecule has 0 aromatic heterocycles. The van der Waals surface area contributed by atoms with E-state index in [2.05, 4.69) is 17.2 Å². The minimum absolute atomic E-state index is 0.426. The van der Waals surface area contributed by atoms with Gasteiger partial charge < -0.3 is 0 Å². The first-order valence-corrected chi connectivity index (χ1v) is 3.32. The van der Waals surface area contributed by atoms with Gasteiger partial charge in [-0.15, -0.1) is 0 Å². The summed E-state index contributed by atoms with van der Waals surface area (Å²) in [5.74, 6) is 0. The summed E-state index contributed by atoms with van der Waals surface area (Å²) in [5, 5.41) is 7.37. The topological polar surface area (TPSA) is 36.2 Å². The highest BCUT2D eigenvalue weighted by molar-refractivity contribution is 7.79. The summed E-state index contributed by atoms with van der Waals surface area (Å²) in [5.41, 5.74) is 2.07. The monoisotopic (exact) mass is 152 g/mol. The second kappa shape index (κ2) is 2.84. The first-order valence-electron chi connectivity index (χ1n) is 2.92. The molecule has 1 aliphatic rings. The molecule has 0 heterocycles. The normalized spacial score (nSPS) is 21.6. The summed E-state index contributed by atoms with van der Waals surface area (Å²) in [4.78, 5) is 0. The molecule has 1 rings (SSSR count). The van der Waals surface area contributed by atoms with Gasteiger partial charge in [0.15, 0.2) is 0 Å². The van der Waals surface area contributed by atoms with Crippen molar-refractivity contribution in [2.75, 3.05) is 0 Å². The SMILES string of the molecule is CC1=CC=CC(=N)/C1=N\S. The lowest BCUT2D eigenvalue weighted by Gasteiger charge is -2.05. The highest BCUT2D eigenvalue weighted by Crippen LogP contribution is 2.06. The second-order valence-corrected chi connectivity index (χ2v) is 2.27. The van der Waals surface area contributed by atoms with Gasteiger partial charge in [-0.1, -0.05) is 12.2 Å². The fourth-order valence-electron chi connectivity index (χ4n) is 0.792. The third-order valence-electron chi connectivity index (χ3n) is 1.34. The van der Waals surface area contributed by atoms with Gasteiger partial charge in [-0.25, -0.2) is 4.40 Å². The number of rotatable bonds is 0. The zero-order chi connectivity index (χ0) is 7.56. The van der Waals surface area contributed by atoms with Crippen LogP contribution in [0.15, 0.2) is 28.2 Å². The molecule has 0 saturated heterocycles. The van der Waals surface area contributed by atoms with Gasteiger partial charge in [-0.3, -0.25) is 5.41 Å². The Hall–Kier alpha value is -0.830. The zero-order valence-electron chi connectivity index (χ0n) is 5.63. The maximum Gasteiger partial charge on any atom is 0.0988 e. The van der Waals surface area contributed by atoms with E-state index in [4.69, 9.17) is 5.41 Å². The standard InChI is InChI=1S/C7H8N2S/c1-5-3-2-4-6(8)7(5)9-10/h2-4,8,10H,1H3/b8-6?,9-7-. The predicted octanol–water partition coefficient (Wildman–Crippen LogP) is 1.81. The first-order chi connectivity index (χ1) is 4.75. The minimum Gasteiger partial charge on any atom is -0.299 e. The lowest BCUT2D eigenvalue weighted by atomic mass is 10.0. The van der Waals surface area contributed by atoms with E-state index < -0.39 is 0 Å². The quantitative estimate of drug-likeness (QED) is 0.392. The van der Waals surface area contributed by atoms with Crippen molar-refractivity contribution in [1.82, 2.24) is 0 Å². The van der Waals surface area contributed by atoms with Gasteiger partial charge in [-0.2, -0.15) is 0 Å². The molecular weight excluding hydrogens is 144 g/mol. The van der Waals surface area contributed by atoms with Gasteiger partial charge in [0.25, 0.3) is 0 Å². The molecule has 0 unspecified atom stereocenters. The average Bonchev–Trinajstić information content (AvgIpc) is 1.88. The van der Waals surface area contributed by atoms with Crippen molar-refractivity contribution in [3.05, 3.63) is 23.8 Å². The molecule has 0 spiro atoms. The van der Waals surface area contributed by atoms with Crippen LogP contribution in [0.1, 0.15) is 6.92 Å². The fourth-order valence-corrected chi connectivity index (χ4v) is 1.06. The summed E-state index contributed by atoms with van der Waals surface area (Å²) >= 11 is 3.75. The molecule has 0 saturated carbocycles. The number of hydrogen-bond donors (Lipinski definition) is 2. The molecule has 0 aromatic carbocycles. The zero-order valence-corrected chi connectivity index (χ0v) is 6.52. The number of nitrogens with zero attached hydrogens (tertiary/aromatic N) is 1. The van der Waals surface area contributed by atoms with E-state index in [1.54, 1.807) is 6.08 Å². The molecule has 1 N–H and O–H groups in total. The summed E-state index contributed by atoms with van der Waals surface area (Å²) in [6.45, 7) is 1.91. The van der Waals surface area contributed by atoms with Gasteiger partial charge in [-0.05, 0) is 31.4 Å². The second-order valence-electron chi connectivity index (χ2n) is 2.07. The molecule has 2 nitrogen and oxygen atoms in total. The van der Waals surface area contributed by atoms with Crippen molar-refractivity contribution in [3.63, 3.8) is 0 Å². The van der Waals surface area contributed by atoms with E-state index in [1.165, 1.54) is 0 Å². The molecule has 0 amide bonds. The molecule has 10 heavy (non-hydrogen) atoms. The van der Waals surface area contributed by atoms with Gasteiger partial charge in [0, 0.05) is 0 Å². The Bertz CT molecular complexity index is 248. The van der Waals surface area contributed by atoms with Crippen LogP contribution in [-0.4, -0.2) is 11.4 Å². The maximum absolute atomic E-state index is 7.37. The average molecular weight is 152 g/mol. The van der Waals surface area contributed by atoms with Crippen LogP contribution in [0.2, 0.25) is 0 Å². The first kappa shape index (κ1) is 7.28. The maximum atomic E-state index is 7.37. The van der Waals surface area contributed by atoms with Gasteiger partial charge in [0.1, 0.15) is 0 Å². The summed E-state index contributed by atoms with van der Waals surface area (Å²) in [7, 11) is 0. The van der Waals surface area contributed by atoms with Crippen LogP contribution in [-0.2, 0) is 0 Å². The molecule has 0 atom stereocenters. The smallest absolute Gasteiger partial charge is 0.0988 e. The number of nitrogens with one attached hydrogen (secondary N) is 1. The van der Waals surface area contributed by atoms with Gasteiger partial charge in [0.2, 0.25) is 0 Å². The number of hydrogen-bond acceptors (Lipinski definition) is 3. The Morgan fingerprint density at radius 3 is 2.70 bits per heavy atom. The van der Waals surface area contributed by atoms with E-state index in [-0.39, 0.29) is 0 Å². The summed E-state index contributed by atoms with van der Waals surface area (Å²) < 4.78 is 3.68. The molecule has 0 radical (unpaired) electrons. The van der Waals surface area contributed by atoms with E-state index in [0.29, 0.717) is 11.4 Å². The molecule has 3 heteroatoms. The highest BCUT2D eigenvalue weighted by atomic mass is 32.1.